The molecule has 21 heavy (non-hydrogen) atoms. The molecule has 0 saturated carbocycles. The molecule has 0 unspecified atom stereocenters. The van der Waals surface area contributed by atoms with Crippen LogP contribution in [0.1, 0.15) is 22.2 Å². The maximum atomic E-state index is 11.3. The minimum Gasteiger partial charge on any atom is -0.336 e. The number of hydrogen-bond acceptors (Lipinski definition) is 5. The summed E-state index contributed by atoms with van der Waals surface area (Å²) in [4.78, 5) is 25.6. The van der Waals surface area contributed by atoms with Crippen LogP contribution in [0.4, 0.5) is 0 Å². The van der Waals surface area contributed by atoms with E-state index in [-0.39, 0.29) is 11.7 Å². The molecule has 0 fully saturated rings. The van der Waals surface area contributed by atoms with Crippen LogP contribution in [0.15, 0.2) is 28.8 Å². The molecule has 0 radical (unpaired) electrons. The molecule has 0 aliphatic carbocycles. The van der Waals surface area contributed by atoms with Gasteiger partial charge in [-0.3, -0.25) is 9.59 Å². The topological polar surface area (TPSA) is 73.1 Å². The van der Waals surface area contributed by atoms with Crippen molar-refractivity contribution in [1.82, 2.24) is 10.1 Å². The Balaban J connectivity index is 2.40. The number of alkyl halides is 2. The van der Waals surface area contributed by atoms with Gasteiger partial charge in [0, 0.05) is 5.56 Å². The summed E-state index contributed by atoms with van der Waals surface area (Å²) in [6.07, 6.45) is 0. The van der Waals surface area contributed by atoms with Gasteiger partial charge in [0.2, 0.25) is 16.3 Å². The maximum Gasteiger partial charge on any atom is 0.260 e. The normalized spacial score (nSPS) is 11.1. The molecule has 0 amide bonds. The van der Waals surface area contributed by atoms with E-state index in [0.717, 1.165) is 0 Å². The summed E-state index contributed by atoms with van der Waals surface area (Å²) in [5.41, 5.74) is 0.824. The molecule has 2 aromatic rings. The molecule has 0 aliphatic heterocycles. The molecule has 2 rings (SSSR count). The van der Waals surface area contributed by atoms with Crippen LogP contribution in [0.5, 0.6) is 0 Å². The van der Waals surface area contributed by atoms with Gasteiger partial charge in [-0.25, -0.2) is 0 Å². The molecule has 0 atom stereocenters. The highest BCUT2D eigenvalue weighted by Crippen LogP contribution is 2.28. The lowest BCUT2D eigenvalue weighted by molar-refractivity contribution is -0.120. The van der Waals surface area contributed by atoms with Gasteiger partial charge >= 0.3 is 0 Å². The second-order valence-electron chi connectivity index (χ2n) is 3.92. The number of carbonyl (C=O) groups is 2. The van der Waals surface area contributed by atoms with Crippen LogP contribution in [-0.4, -0.2) is 20.6 Å². The molecular weight excluding hydrogens is 362 g/mol. The Kier molecular flexibility index (Phi) is 5.22. The Labute approximate surface area is 139 Å². The van der Waals surface area contributed by atoms with E-state index in [1.165, 1.54) is 6.07 Å². The fourth-order valence-corrected chi connectivity index (χ4v) is 2.33. The van der Waals surface area contributed by atoms with Crippen molar-refractivity contribution in [2.45, 2.75) is 10.8 Å². The van der Waals surface area contributed by atoms with Crippen molar-refractivity contribution < 1.29 is 14.1 Å². The molecule has 0 spiro atoms. The Morgan fingerprint density at radius 2 is 1.81 bits per heavy atom. The second-order valence-corrected chi connectivity index (χ2v) is 5.76. The Morgan fingerprint density at radius 3 is 2.33 bits per heavy atom. The average molecular weight is 368 g/mol. The van der Waals surface area contributed by atoms with E-state index in [9.17, 15) is 9.59 Å². The number of nitrogens with zero attached hydrogens (tertiary/aromatic N) is 2. The molecule has 1 aromatic carbocycles. The Bertz CT molecular complexity index is 673. The lowest BCUT2D eigenvalue weighted by atomic mass is 9.99. The number of aromatic nitrogens is 2. The third-order valence-electron chi connectivity index (χ3n) is 2.56. The minimum atomic E-state index is -1.26. The predicted octanol–water partition coefficient (Wildman–Crippen LogP) is 3.83. The van der Waals surface area contributed by atoms with Gasteiger partial charge in [0.05, 0.1) is 0 Å². The van der Waals surface area contributed by atoms with Crippen LogP contribution in [-0.2, 0) is 9.59 Å². The summed E-state index contributed by atoms with van der Waals surface area (Å²) in [5, 5.41) is 1.96. The first-order chi connectivity index (χ1) is 9.90. The van der Waals surface area contributed by atoms with E-state index < -0.39 is 21.2 Å². The quantitative estimate of drug-likeness (QED) is 0.456. The fourth-order valence-electron chi connectivity index (χ4n) is 1.65. The van der Waals surface area contributed by atoms with Gasteiger partial charge in [0.25, 0.3) is 5.89 Å². The van der Waals surface area contributed by atoms with Gasteiger partial charge in [0.1, 0.15) is 5.92 Å². The summed E-state index contributed by atoms with van der Waals surface area (Å²) < 4.78 is 4.86. The van der Waals surface area contributed by atoms with Gasteiger partial charge in [-0.2, -0.15) is 4.98 Å². The monoisotopic (exact) mass is 366 g/mol. The number of carbonyl (C=O) groups excluding carboxylic acids is 2. The number of rotatable bonds is 5. The summed E-state index contributed by atoms with van der Waals surface area (Å²) in [6, 6.07) is 6.31. The molecule has 1 aromatic heterocycles. The molecule has 9 heteroatoms. The van der Waals surface area contributed by atoms with Crippen molar-refractivity contribution in [1.29, 1.82) is 0 Å². The minimum absolute atomic E-state index is 0.0390. The number of halogens is 4. The lowest BCUT2D eigenvalue weighted by Gasteiger charge is -2.08. The van der Waals surface area contributed by atoms with Gasteiger partial charge in [-0.1, -0.05) is 46.6 Å². The molecule has 0 N–H and O–H groups in total. The van der Waals surface area contributed by atoms with E-state index >= 15 is 0 Å². The molecular formula is C12H6Cl4N2O3. The Hall–Kier alpha value is -1.14. The van der Waals surface area contributed by atoms with E-state index in [2.05, 4.69) is 10.1 Å². The summed E-state index contributed by atoms with van der Waals surface area (Å²) in [6.45, 7) is 0. The van der Waals surface area contributed by atoms with Crippen molar-refractivity contribution in [2.24, 2.45) is 0 Å². The summed E-state index contributed by atoms with van der Waals surface area (Å²) >= 11 is 22.0. The second kappa shape index (κ2) is 6.75. The van der Waals surface area contributed by atoms with Crippen molar-refractivity contribution in [2.75, 3.05) is 0 Å². The Morgan fingerprint density at radius 1 is 1.14 bits per heavy atom. The zero-order chi connectivity index (χ0) is 15.6. The maximum absolute atomic E-state index is 11.3. The molecule has 1 heterocycles. The van der Waals surface area contributed by atoms with E-state index in [1.54, 1.807) is 18.2 Å². The van der Waals surface area contributed by atoms with Gasteiger partial charge < -0.3 is 4.52 Å². The number of hydrogen-bond donors (Lipinski definition) is 0. The SMILES string of the molecule is O=C(Cl)C(C(=O)Cl)c1cccc(-c2noc(C(Cl)Cl)n2)c1. The zero-order valence-corrected chi connectivity index (χ0v) is 13.1. The van der Waals surface area contributed by atoms with E-state index in [4.69, 9.17) is 50.9 Å². The highest BCUT2D eigenvalue weighted by molar-refractivity contribution is 6.74. The van der Waals surface area contributed by atoms with Crippen LogP contribution < -0.4 is 0 Å². The van der Waals surface area contributed by atoms with Gasteiger partial charge in [-0.15, -0.1) is 0 Å². The summed E-state index contributed by atoms with van der Waals surface area (Å²) in [5.74, 6) is -1.01. The lowest BCUT2D eigenvalue weighted by Crippen LogP contribution is -2.13. The van der Waals surface area contributed by atoms with Crippen molar-refractivity contribution in [3.8, 4) is 11.4 Å². The van der Waals surface area contributed by atoms with Crippen LogP contribution in [0.3, 0.4) is 0 Å². The van der Waals surface area contributed by atoms with Crippen LogP contribution in [0.25, 0.3) is 11.4 Å². The van der Waals surface area contributed by atoms with E-state index in [1.807, 2.05) is 0 Å². The largest absolute Gasteiger partial charge is 0.336 e. The first-order valence-electron chi connectivity index (χ1n) is 5.51. The first-order valence-corrected chi connectivity index (χ1v) is 7.14. The third-order valence-corrected chi connectivity index (χ3v) is 3.37. The zero-order valence-electron chi connectivity index (χ0n) is 10.1. The highest BCUT2D eigenvalue weighted by Gasteiger charge is 2.26. The van der Waals surface area contributed by atoms with Crippen molar-refractivity contribution in [3.05, 3.63) is 35.7 Å². The van der Waals surface area contributed by atoms with Crippen molar-refractivity contribution >= 4 is 56.9 Å². The third kappa shape index (κ3) is 3.74. The van der Waals surface area contributed by atoms with Gasteiger partial charge in [0.15, 0.2) is 4.84 Å². The van der Waals surface area contributed by atoms with Crippen LogP contribution in [0, 0.1) is 0 Å². The smallest absolute Gasteiger partial charge is 0.260 e. The van der Waals surface area contributed by atoms with Crippen LogP contribution in [0.2, 0.25) is 0 Å². The molecule has 0 bridgehead atoms. The molecule has 110 valence electrons. The molecule has 0 saturated heterocycles. The fraction of sp³-hybridized carbons (Fsp3) is 0.167. The standard InChI is InChI=1S/C12H6Cl4N2O3/c13-8(14)12-17-11(18-21-12)6-3-1-2-5(4-6)7(9(15)19)10(16)20/h1-4,7-8H. The highest BCUT2D eigenvalue weighted by atomic mass is 35.5. The molecule has 5 nitrogen and oxygen atoms in total. The predicted molar refractivity (Wildman–Crippen MR) is 78.6 cm³/mol. The van der Waals surface area contributed by atoms with Crippen LogP contribution >= 0.6 is 46.4 Å². The molecule has 0 aliphatic rings. The van der Waals surface area contributed by atoms with E-state index in [0.29, 0.717) is 11.1 Å². The number of benzene rings is 1. The average Bonchev–Trinajstić information content (AvgIpc) is 2.88. The van der Waals surface area contributed by atoms with Crippen molar-refractivity contribution in [3.63, 3.8) is 0 Å². The summed E-state index contributed by atoms with van der Waals surface area (Å²) in [7, 11) is 0. The first kappa shape index (κ1) is 16.2. The van der Waals surface area contributed by atoms with Gasteiger partial charge in [-0.05, 0) is 34.8 Å².